The standard InChI is InChI=1S/C8H12Br2.C7H12/c9-8(10)6-4-2-1-3-5-7(6)8;1-2-4-6-7-5-3-1/h6-7H,1-5H2;1-2H,3-7H2. The maximum absolute atomic E-state index is 3.73. The summed E-state index contributed by atoms with van der Waals surface area (Å²) in [6, 6.07) is 0. The Morgan fingerprint density at radius 1 is 0.706 bits per heavy atom. The summed E-state index contributed by atoms with van der Waals surface area (Å²) >= 11 is 7.46. The molecule has 2 heteroatoms. The van der Waals surface area contributed by atoms with Crippen molar-refractivity contribution >= 4 is 31.9 Å². The van der Waals surface area contributed by atoms with Gasteiger partial charge in [-0.25, -0.2) is 0 Å². The number of hydrogen-bond donors (Lipinski definition) is 0. The predicted molar refractivity (Wildman–Crippen MR) is 82.9 cm³/mol. The van der Waals surface area contributed by atoms with E-state index in [0.29, 0.717) is 3.23 Å². The molecule has 3 aliphatic rings. The zero-order valence-electron chi connectivity index (χ0n) is 10.6. The number of allylic oxidation sites excluding steroid dienone is 2. The number of fused-ring (bicyclic) bond motifs is 1. The number of hydrogen-bond acceptors (Lipinski definition) is 0. The van der Waals surface area contributed by atoms with Gasteiger partial charge in [0.25, 0.3) is 0 Å². The molecule has 0 aliphatic heterocycles. The summed E-state index contributed by atoms with van der Waals surface area (Å²) in [6.07, 6.45) is 18.7. The zero-order chi connectivity index (χ0) is 12.1. The van der Waals surface area contributed by atoms with Gasteiger partial charge in [-0.15, -0.1) is 0 Å². The predicted octanol–water partition coefficient (Wildman–Crippen LogP) is 6.19. The highest BCUT2D eigenvalue weighted by molar-refractivity contribution is 9.25. The zero-order valence-corrected chi connectivity index (χ0v) is 13.8. The quantitative estimate of drug-likeness (QED) is 0.355. The van der Waals surface area contributed by atoms with E-state index < -0.39 is 0 Å². The number of halogens is 2. The molecule has 3 aliphatic carbocycles. The lowest BCUT2D eigenvalue weighted by Gasteiger charge is -2.01. The lowest BCUT2D eigenvalue weighted by Crippen LogP contribution is -1.91. The first-order chi connectivity index (χ1) is 8.23. The molecule has 2 atom stereocenters. The number of rotatable bonds is 0. The van der Waals surface area contributed by atoms with Gasteiger partial charge in [0.1, 0.15) is 0 Å². The third kappa shape index (κ3) is 4.09. The average molecular weight is 364 g/mol. The first-order valence-corrected chi connectivity index (χ1v) is 8.84. The maximum Gasteiger partial charge on any atom is 0.0868 e. The van der Waals surface area contributed by atoms with E-state index in [4.69, 9.17) is 0 Å². The fourth-order valence-electron chi connectivity index (χ4n) is 3.09. The second-order valence-electron chi connectivity index (χ2n) is 5.63. The monoisotopic (exact) mass is 362 g/mol. The smallest absolute Gasteiger partial charge is 0.0868 e. The van der Waals surface area contributed by atoms with Crippen LogP contribution in [0.3, 0.4) is 0 Å². The Balaban J connectivity index is 0.000000136. The van der Waals surface area contributed by atoms with Gasteiger partial charge in [-0.1, -0.05) is 69.7 Å². The van der Waals surface area contributed by atoms with Crippen LogP contribution in [0.15, 0.2) is 12.2 Å². The molecule has 2 saturated carbocycles. The minimum atomic E-state index is 0.362. The van der Waals surface area contributed by atoms with Gasteiger partial charge in [0.15, 0.2) is 0 Å². The average Bonchev–Trinajstić information content (AvgIpc) is 3.02. The van der Waals surface area contributed by atoms with E-state index in [-0.39, 0.29) is 0 Å². The first-order valence-electron chi connectivity index (χ1n) is 7.25. The molecule has 2 fully saturated rings. The molecule has 17 heavy (non-hydrogen) atoms. The molecule has 2 unspecified atom stereocenters. The molecule has 0 aromatic carbocycles. The molecule has 3 rings (SSSR count). The van der Waals surface area contributed by atoms with E-state index in [1.54, 1.807) is 0 Å². The maximum atomic E-state index is 3.73. The second-order valence-corrected chi connectivity index (χ2v) is 9.32. The van der Waals surface area contributed by atoms with Crippen molar-refractivity contribution in [2.24, 2.45) is 11.8 Å². The Kier molecular flexibility index (Phi) is 5.60. The summed E-state index contributed by atoms with van der Waals surface area (Å²) in [7, 11) is 0. The lowest BCUT2D eigenvalue weighted by molar-refractivity contribution is 0.644. The molecular weight excluding hydrogens is 340 g/mol. The van der Waals surface area contributed by atoms with Crippen LogP contribution in [0, 0.1) is 11.8 Å². The van der Waals surface area contributed by atoms with Crippen molar-refractivity contribution in [1.29, 1.82) is 0 Å². The van der Waals surface area contributed by atoms with Gasteiger partial charge in [0, 0.05) is 0 Å². The molecule has 0 saturated heterocycles. The Labute approximate surface area is 123 Å². The van der Waals surface area contributed by atoms with Crippen LogP contribution in [0.1, 0.15) is 64.2 Å². The minimum Gasteiger partial charge on any atom is -0.0885 e. The summed E-state index contributed by atoms with van der Waals surface area (Å²) in [5.41, 5.74) is 0. The van der Waals surface area contributed by atoms with E-state index in [9.17, 15) is 0 Å². The molecule has 0 radical (unpaired) electrons. The third-order valence-corrected chi connectivity index (χ3v) is 6.66. The van der Waals surface area contributed by atoms with E-state index in [0.717, 1.165) is 11.8 Å². The van der Waals surface area contributed by atoms with Crippen LogP contribution < -0.4 is 0 Å². The van der Waals surface area contributed by atoms with Crippen LogP contribution in [0.5, 0.6) is 0 Å². The Hall–Kier alpha value is 0.700. The van der Waals surface area contributed by atoms with E-state index in [1.807, 2.05) is 0 Å². The first kappa shape index (κ1) is 14.1. The Morgan fingerprint density at radius 2 is 1.18 bits per heavy atom. The van der Waals surface area contributed by atoms with E-state index in [1.165, 1.54) is 64.2 Å². The Bertz CT molecular complexity index is 236. The van der Waals surface area contributed by atoms with Gasteiger partial charge in [0.2, 0.25) is 0 Å². The van der Waals surface area contributed by atoms with Crippen LogP contribution in [-0.4, -0.2) is 3.23 Å². The van der Waals surface area contributed by atoms with Gasteiger partial charge in [0.05, 0.1) is 3.23 Å². The van der Waals surface area contributed by atoms with Crippen molar-refractivity contribution in [3.63, 3.8) is 0 Å². The highest BCUT2D eigenvalue weighted by Gasteiger charge is 2.60. The van der Waals surface area contributed by atoms with E-state index >= 15 is 0 Å². The Morgan fingerprint density at radius 3 is 1.71 bits per heavy atom. The van der Waals surface area contributed by atoms with Crippen molar-refractivity contribution < 1.29 is 0 Å². The van der Waals surface area contributed by atoms with Crippen LogP contribution in [0.25, 0.3) is 0 Å². The molecule has 98 valence electrons. The topological polar surface area (TPSA) is 0 Å². The van der Waals surface area contributed by atoms with E-state index in [2.05, 4.69) is 44.0 Å². The van der Waals surface area contributed by atoms with Crippen molar-refractivity contribution in [3.8, 4) is 0 Å². The molecule has 0 aromatic heterocycles. The minimum absolute atomic E-state index is 0.362. The summed E-state index contributed by atoms with van der Waals surface area (Å²) in [5.74, 6) is 1.88. The largest absolute Gasteiger partial charge is 0.0885 e. The van der Waals surface area contributed by atoms with Gasteiger partial charge >= 0.3 is 0 Å². The second kappa shape index (κ2) is 6.75. The normalized spacial score (nSPS) is 34.7. The summed E-state index contributed by atoms with van der Waals surface area (Å²) in [4.78, 5) is 0. The van der Waals surface area contributed by atoms with Crippen LogP contribution >= 0.6 is 31.9 Å². The van der Waals surface area contributed by atoms with Crippen LogP contribution in [0.4, 0.5) is 0 Å². The highest BCUT2D eigenvalue weighted by Crippen LogP contribution is 2.66. The molecule has 0 heterocycles. The molecule has 0 spiro atoms. The van der Waals surface area contributed by atoms with Gasteiger partial charge in [-0.2, -0.15) is 0 Å². The van der Waals surface area contributed by atoms with Gasteiger partial charge in [-0.05, 0) is 50.4 Å². The van der Waals surface area contributed by atoms with Crippen molar-refractivity contribution in [3.05, 3.63) is 12.2 Å². The van der Waals surface area contributed by atoms with Gasteiger partial charge in [-0.3, -0.25) is 0 Å². The fraction of sp³-hybridized carbons (Fsp3) is 0.867. The fourth-order valence-corrected chi connectivity index (χ4v) is 5.02. The number of alkyl halides is 2. The van der Waals surface area contributed by atoms with Crippen molar-refractivity contribution in [2.45, 2.75) is 67.4 Å². The van der Waals surface area contributed by atoms with Gasteiger partial charge < -0.3 is 0 Å². The highest BCUT2D eigenvalue weighted by atomic mass is 79.9. The third-order valence-electron chi connectivity index (χ3n) is 4.30. The lowest BCUT2D eigenvalue weighted by atomic mass is 10.2. The van der Waals surface area contributed by atoms with Crippen LogP contribution in [-0.2, 0) is 0 Å². The summed E-state index contributed by atoms with van der Waals surface area (Å²) in [6.45, 7) is 0. The van der Waals surface area contributed by atoms with Crippen molar-refractivity contribution in [2.75, 3.05) is 0 Å². The molecule has 0 N–H and O–H groups in total. The summed E-state index contributed by atoms with van der Waals surface area (Å²) in [5, 5.41) is 0. The molecule has 0 aromatic rings. The van der Waals surface area contributed by atoms with Crippen LogP contribution in [0.2, 0.25) is 0 Å². The molecular formula is C15H24Br2. The molecule has 0 amide bonds. The summed E-state index contributed by atoms with van der Waals surface area (Å²) < 4.78 is 0.362. The molecule has 0 nitrogen and oxygen atoms in total. The van der Waals surface area contributed by atoms with Crippen molar-refractivity contribution in [1.82, 2.24) is 0 Å². The SMILES string of the molecule is BrC1(Br)C2CCCCCC21.C1=CCCCCC1. The molecule has 0 bridgehead atoms.